The fourth-order valence-corrected chi connectivity index (χ4v) is 3.01. The smallest absolute Gasteiger partial charge is 0.330 e. The summed E-state index contributed by atoms with van der Waals surface area (Å²) in [5.41, 5.74) is -0.0358. The van der Waals surface area contributed by atoms with Gasteiger partial charge in [-0.05, 0) is 30.5 Å². The molecule has 0 atom stereocenters. The highest BCUT2D eigenvalue weighted by molar-refractivity contribution is 5.87. The molecule has 136 valence electrons. The molecule has 2 rings (SSSR count). The first-order valence-electron chi connectivity index (χ1n) is 8.44. The van der Waals surface area contributed by atoms with Gasteiger partial charge >= 0.3 is 5.97 Å². The number of carbonyl (C=O) groups is 1. The molecule has 0 saturated heterocycles. The minimum Gasteiger partial charge on any atom is -0.466 e. The van der Waals surface area contributed by atoms with Crippen LogP contribution in [0.2, 0.25) is 0 Å². The number of anilines is 1. The van der Waals surface area contributed by atoms with E-state index in [4.69, 9.17) is 0 Å². The van der Waals surface area contributed by atoms with E-state index in [1.54, 1.807) is 12.1 Å². The first kappa shape index (κ1) is 18.9. The zero-order valence-corrected chi connectivity index (χ0v) is 14.4. The van der Waals surface area contributed by atoms with E-state index in [0.29, 0.717) is 24.1 Å². The zero-order chi connectivity index (χ0) is 18.3. The maximum Gasteiger partial charge on any atom is 0.330 e. The molecule has 1 aromatic rings. The van der Waals surface area contributed by atoms with Crippen molar-refractivity contribution < 1.29 is 19.6 Å². The van der Waals surface area contributed by atoms with Crippen LogP contribution < -0.4 is 5.32 Å². The molecule has 1 aliphatic carbocycles. The maximum absolute atomic E-state index is 11.3. The molecule has 1 fully saturated rings. The number of esters is 1. The summed E-state index contributed by atoms with van der Waals surface area (Å²) in [5, 5.41) is 25.0. The van der Waals surface area contributed by atoms with Crippen molar-refractivity contribution in [1.29, 1.82) is 0 Å². The maximum atomic E-state index is 11.3. The summed E-state index contributed by atoms with van der Waals surface area (Å²) < 4.78 is 4.50. The third-order valence-corrected chi connectivity index (χ3v) is 4.47. The molecule has 0 aliphatic heterocycles. The summed E-state index contributed by atoms with van der Waals surface area (Å²) in [6, 6.07) is 4.65. The van der Waals surface area contributed by atoms with Gasteiger partial charge in [0.1, 0.15) is 5.69 Å². The van der Waals surface area contributed by atoms with Crippen LogP contribution in [-0.4, -0.2) is 35.3 Å². The Morgan fingerprint density at radius 1 is 1.36 bits per heavy atom. The van der Waals surface area contributed by atoms with Gasteiger partial charge in [-0.2, -0.15) is 0 Å². The highest BCUT2D eigenvalue weighted by Gasteiger charge is 2.28. The van der Waals surface area contributed by atoms with E-state index in [0.717, 1.165) is 25.7 Å². The number of methoxy groups -OCH3 is 1. The summed E-state index contributed by atoms with van der Waals surface area (Å²) in [4.78, 5) is 22.0. The molecule has 0 amide bonds. The van der Waals surface area contributed by atoms with Crippen molar-refractivity contribution >= 4 is 23.4 Å². The SMILES string of the molecule is COC(=O)/C=C/c1ccc(NCC2(O)CCCCCC2)c([N+](=O)[O-])c1. The van der Waals surface area contributed by atoms with Gasteiger partial charge in [-0.1, -0.05) is 31.7 Å². The summed E-state index contributed by atoms with van der Waals surface area (Å²) in [6.45, 7) is 0.283. The lowest BCUT2D eigenvalue weighted by atomic mass is 9.94. The van der Waals surface area contributed by atoms with Gasteiger partial charge in [0.2, 0.25) is 0 Å². The molecule has 1 aliphatic rings. The second kappa shape index (κ2) is 8.62. The van der Waals surface area contributed by atoms with Crippen molar-refractivity contribution in [1.82, 2.24) is 0 Å². The Balaban J connectivity index is 2.13. The predicted octanol–water partition coefficient (Wildman–Crippen LogP) is 3.28. The van der Waals surface area contributed by atoms with Crippen molar-refractivity contribution in [2.24, 2.45) is 0 Å². The van der Waals surface area contributed by atoms with Crippen LogP contribution in [0.5, 0.6) is 0 Å². The fraction of sp³-hybridized carbons (Fsp3) is 0.500. The van der Waals surface area contributed by atoms with Crippen LogP contribution in [0.4, 0.5) is 11.4 Å². The summed E-state index contributed by atoms with van der Waals surface area (Å²) >= 11 is 0. The number of rotatable bonds is 6. The average Bonchev–Trinajstić information content (AvgIpc) is 2.83. The van der Waals surface area contributed by atoms with Crippen molar-refractivity contribution in [2.75, 3.05) is 19.0 Å². The third-order valence-electron chi connectivity index (χ3n) is 4.47. The van der Waals surface area contributed by atoms with E-state index in [1.165, 1.54) is 25.3 Å². The standard InChI is InChI=1S/C18H24N2O5/c1-25-17(21)9-7-14-6-8-15(16(12-14)20(23)24)19-13-18(22)10-4-2-3-5-11-18/h6-9,12,19,22H,2-5,10-11,13H2,1H3/b9-7+. The second-order valence-electron chi connectivity index (χ2n) is 6.38. The molecule has 7 heteroatoms. The van der Waals surface area contributed by atoms with Gasteiger partial charge in [-0.25, -0.2) is 4.79 Å². The molecule has 0 radical (unpaired) electrons. The summed E-state index contributed by atoms with van der Waals surface area (Å²) in [6.07, 6.45) is 8.24. The van der Waals surface area contributed by atoms with Gasteiger partial charge in [0, 0.05) is 18.7 Å². The molecule has 1 aromatic carbocycles. The predicted molar refractivity (Wildman–Crippen MR) is 95.3 cm³/mol. The number of carbonyl (C=O) groups excluding carboxylic acids is 1. The van der Waals surface area contributed by atoms with E-state index >= 15 is 0 Å². The van der Waals surface area contributed by atoms with Crippen LogP contribution in [0.1, 0.15) is 44.1 Å². The Morgan fingerprint density at radius 3 is 2.64 bits per heavy atom. The summed E-state index contributed by atoms with van der Waals surface area (Å²) in [5.74, 6) is -0.527. The molecule has 0 unspecified atom stereocenters. The van der Waals surface area contributed by atoms with E-state index in [9.17, 15) is 20.0 Å². The van der Waals surface area contributed by atoms with E-state index in [2.05, 4.69) is 10.1 Å². The number of nitro groups is 1. The highest BCUT2D eigenvalue weighted by Crippen LogP contribution is 2.30. The number of hydrogen-bond donors (Lipinski definition) is 2. The Labute approximate surface area is 146 Å². The third kappa shape index (κ3) is 5.56. The van der Waals surface area contributed by atoms with Crippen LogP contribution in [-0.2, 0) is 9.53 Å². The van der Waals surface area contributed by atoms with Crippen LogP contribution in [0.15, 0.2) is 24.3 Å². The topological polar surface area (TPSA) is 102 Å². The Hall–Kier alpha value is -2.41. The molecule has 2 N–H and O–H groups in total. The molecular formula is C18H24N2O5. The van der Waals surface area contributed by atoms with Gasteiger partial charge in [-0.3, -0.25) is 10.1 Å². The number of ether oxygens (including phenoxy) is 1. The first-order chi connectivity index (χ1) is 11.9. The molecule has 0 bridgehead atoms. The quantitative estimate of drug-likeness (QED) is 0.269. The molecule has 0 spiro atoms. The van der Waals surface area contributed by atoms with Crippen LogP contribution in [0.3, 0.4) is 0 Å². The van der Waals surface area contributed by atoms with Crippen molar-refractivity contribution in [2.45, 2.75) is 44.1 Å². The van der Waals surface area contributed by atoms with Gasteiger partial charge in [0.15, 0.2) is 0 Å². The van der Waals surface area contributed by atoms with Crippen molar-refractivity contribution in [3.63, 3.8) is 0 Å². The monoisotopic (exact) mass is 348 g/mol. The minimum atomic E-state index is -0.826. The Kier molecular flexibility index (Phi) is 6.52. The van der Waals surface area contributed by atoms with Crippen molar-refractivity contribution in [3.05, 3.63) is 40.0 Å². The number of nitrogens with zero attached hydrogens (tertiary/aromatic N) is 1. The van der Waals surface area contributed by atoms with Crippen LogP contribution >= 0.6 is 0 Å². The van der Waals surface area contributed by atoms with E-state index in [1.807, 2.05) is 0 Å². The highest BCUT2D eigenvalue weighted by atomic mass is 16.6. The molecule has 0 aromatic heterocycles. The van der Waals surface area contributed by atoms with Crippen molar-refractivity contribution in [3.8, 4) is 0 Å². The lowest BCUT2D eigenvalue weighted by molar-refractivity contribution is -0.384. The van der Waals surface area contributed by atoms with E-state index in [-0.39, 0.29) is 12.2 Å². The number of benzene rings is 1. The first-order valence-corrected chi connectivity index (χ1v) is 8.44. The molecule has 0 heterocycles. The molecule has 25 heavy (non-hydrogen) atoms. The number of aliphatic hydroxyl groups is 1. The number of hydrogen-bond acceptors (Lipinski definition) is 6. The number of nitrogens with one attached hydrogen (secondary N) is 1. The largest absolute Gasteiger partial charge is 0.466 e. The molecule has 7 nitrogen and oxygen atoms in total. The summed E-state index contributed by atoms with van der Waals surface area (Å²) in [7, 11) is 1.26. The normalized spacial score (nSPS) is 17.0. The fourth-order valence-electron chi connectivity index (χ4n) is 3.01. The lowest BCUT2D eigenvalue weighted by Crippen LogP contribution is -2.36. The van der Waals surface area contributed by atoms with E-state index < -0.39 is 16.5 Å². The average molecular weight is 348 g/mol. The number of nitro benzene ring substituents is 1. The zero-order valence-electron chi connectivity index (χ0n) is 14.4. The van der Waals surface area contributed by atoms with Gasteiger partial charge in [0.05, 0.1) is 17.6 Å². The molecular weight excluding hydrogens is 324 g/mol. The van der Waals surface area contributed by atoms with Crippen LogP contribution in [0, 0.1) is 10.1 Å². The van der Waals surface area contributed by atoms with Gasteiger partial charge < -0.3 is 15.2 Å². The van der Waals surface area contributed by atoms with Crippen LogP contribution in [0.25, 0.3) is 6.08 Å². The van der Waals surface area contributed by atoms with Gasteiger partial charge in [0.25, 0.3) is 5.69 Å². The Bertz CT molecular complexity index is 649. The second-order valence-corrected chi connectivity index (χ2v) is 6.38. The molecule has 1 saturated carbocycles. The minimum absolute atomic E-state index is 0.0933. The Morgan fingerprint density at radius 2 is 2.04 bits per heavy atom. The van der Waals surface area contributed by atoms with Gasteiger partial charge in [-0.15, -0.1) is 0 Å². The lowest BCUT2D eigenvalue weighted by Gasteiger charge is -2.27.